The van der Waals surface area contributed by atoms with Crippen molar-refractivity contribution < 1.29 is 47.7 Å². The highest BCUT2D eigenvalue weighted by atomic mass is 32.2. The van der Waals surface area contributed by atoms with Gasteiger partial charge in [-0.05, 0) is 53.7 Å². The Morgan fingerprint density at radius 3 is 2.17 bits per heavy atom. The van der Waals surface area contributed by atoms with Gasteiger partial charge in [0.15, 0.2) is 11.4 Å². The van der Waals surface area contributed by atoms with E-state index in [1.165, 1.54) is 0 Å². The van der Waals surface area contributed by atoms with E-state index in [1.807, 2.05) is 26.0 Å². The second kappa shape index (κ2) is 17.0. The molecule has 1 saturated heterocycles. The fourth-order valence-corrected chi connectivity index (χ4v) is 4.86. The number of hydrogen-bond acceptors (Lipinski definition) is 11. The van der Waals surface area contributed by atoms with Gasteiger partial charge in [-0.1, -0.05) is 37.7 Å². The number of carbonyl (C=O) groups is 5. The third-order valence-corrected chi connectivity index (χ3v) is 7.19. The summed E-state index contributed by atoms with van der Waals surface area (Å²) in [5, 5.41) is 7.51. The Bertz CT molecular complexity index is 1210. The minimum Gasteiger partial charge on any atom is -0.497 e. The lowest BCUT2D eigenvalue weighted by Gasteiger charge is -2.41. The van der Waals surface area contributed by atoms with E-state index in [4.69, 9.17) is 23.7 Å². The summed E-state index contributed by atoms with van der Waals surface area (Å²) in [5.41, 5.74) is -1.45. The number of hydrogen-bond donors (Lipinski definition) is 3. The summed E-state index contributed by atoms with van der Waals surface area (Å²) in [6, 6.07) is 5.97. The third kappa shape index (κ3) is 14.0. The molecule has 2 rings (SSSR count). The predicted octanol–water partition coefficient (Wildman–Crippen LogP) is 3.64. The highest BCUT2D eigenvalue weighted by Crippen LogP contribution is 2.37. The van der Waals surface area contributed by atoms with E-state index in [0.717, 1.165) is 17.3 Å². The molecule has 14 heteroatoms. The number of esters is 1. The lowest BCUT2D eigenvalue weighted by Crippen LogP contribution is -2.52. The molecule has 1 aliphatic heterocycles. The molecule has 258 valence electrons. The second-order valence-electron chi connectivity index (χ2n) is 13.5. The zero-order valence-electron chi connectivity index (χ0n) is 28.3. The Labute approximate surface area is 275 Å². The first-order chi connectivity index (χ1) is 21.3. The molecule has 1 aromatic rings. The summed E-state index contributed by atoms with van der Waals surface area (Å²) >= 11 is 0.911. The second-order valence-corrected chi connectivity index (χ2v) is 14.6. The van der Waals surface area contributed by atoms with Gasteiger partial charge in [-0.3, -0.25) is 14.4 Å². The summed E-state index contributed by atoms with van der Waals surface area (Å²) < 4.78 is 27.6. The van der Waals surface area contributed by atoms with Gasteiger partial charge in [-0.15, -0.1) is 0 Å². The van der Waals surface area contributed by atoms with E-state index in [0.29, 0.717) is 12.4 Å². The topological polar surface area (TPSA) is 168 Å². The first-order valence-electron chi connectivity index (χ1n) is 15.1. The van der Waals surface area contributed by atoms with E-state index in [1.54, 1.807) is 60.8 Å². The van der Waals surface area contributed by atoms with Crippen LogP contribution in [-0.2, 0) is 38.1 Å². The molecule has 46 heavy (non-hydrogen) atoms. The van der Waals surface area contributed by atoms with Crippen molar-refractivity contribution in [1.29, 1.82) is 0 Å². The van der Waals surface area contributed by atoms with E-state index in [-0.39, 0.29) is 48.6 Å². The van der Waals surface area contributed by atoms with E-state index >= 15 is 0 Å². The van der Waals surface area contributed by atoms with Crippen LogP contribution in [0.4, 0.5) is 4.79 Å². The molecule has 3 amide bonds. The first-order valence-corrected chi connectivity index (χ1v) is 16.1. The summed E-state index contributed by atoms with van der Waals surface area (Å²) in [6.45, 7) is 14.4. The van der Waals surface area contributed by atoms with Crippen molar-refractivity contribution in [2.24, 2.45) is 5.41 Å². The number of thioether (sulfide) groups is 1. The Morgan fingerprint density at radius 2 is 1.59 bits per heavy atom. The number of alkyl carbamates (subject to hydrolysis) is 1. The number of nitrogens with one attached hydrogen (secondary N) is 3. The molecule has 1 fully saturated rings. The van der Waals surface area contributed by atoms with Crippen LogP contribution < -0.4 is 20.7 Å². The standard InChI is InChI=1S/C32H49N3O10S/c1-30(2,3)44-27(39)22(35-29(40)45-31(4,5)6)18-24(37)46-17-16-33-23(36)14-15-34-26(38)25-32(7,8)19-42-28(43-25)20-10-12-21(41-9)13-11-20/h10-13,22,25,28H,14-19H2,1-9H3,(H,33,36)(H,34,38)(H,35,40)/t22-,25-,28?/m0/s1. The number of amides is 3. The number of benzene rings is 1. The fourth-order valence-electron chi connectivity index (χ4n) is 4.14. The molecular formula is C32H49N3O10S. The maximum absolute atomic E-state index is 13.0. The molecule has 3 N–H and O–H groups in total. The predicted molar refractivity (Wildman–Crippen MR) is 172 cm³/mol. The van der Waals surface area contributed by atoms with E-state index < -0.39 is 47.1 Å². The first kappa shape index (κ1) is 38.8. The van der Waals surface area contributed by atoms with Gasteiger partial charge in [-0.25, -0.2) is 9.59 Å². The summed E-state index contributed by atoms with van der Waals surface area (Å²) in [6.07, 6.45) is -2.65. The quantitative estimate of drug-likeness (QED) is 0.208. The van der Waals surface area contributed by atoms with Crippen LogP contribution in [0, 0.1) is 5.41 Å². The fraction of sp³-hybridized carbons (Fsp3) is 0.656. The molecule has 1 aromatic carbocycles. The van der Waals surface area contributed by atoms with Crippen LogP contribution in [-0.4, -0.2) is 84.9 Å². The molecule has 0 bridgehead atoms. The Kier molecular flexibility index (Phi) is 14.3. The molecule has 13 nitrogen and oxygen atoms in total. The van der Waals surface area contributed by atoms with Gasteiger partial charge in [0, 0.05) is 42.7 Å². The Morgan fingerprint density at radius 1 is 0.957 bits per heavy atom. The highest BCUT2D eigenvalue weighted by Gasteiger charge is 2.43. The highest BCUT2D eigenvalue weighted by molar-refractivity contribution is 8.13. The normalized spacial score (nSPS) is 18.5. The maximum Gasteiger partial charge on any atom is 0.408 e. The molecular weight excluding hydrogens is 618 g/mol. The molecule has 1 heterocycles. The van der Waals surface area contributed by atoms with E-state index in [2.05, 4.69) is 16.0 Å². The van der Waals surface area contributed by atoms with Gasteiger partial charge in [-0.2, -0.15) is 0 Å². The Balaban J connectivity index is 1.77. The zero-order chi connectivity index (χ0) is 34.7. The average molecular weight is 668 g/mol. The van der Waals surface area contributed by atoms with Crippen molar-refractivity contribution in [2.75, 3.05) is 32.6 Å². The van der Waals surface area contributed by atoms with Crippen molar-refractivity contribution >= 4 is 40.8 Å². The summed E-state index contributed by atoms with van der Waals surface area (Å²) in [7, 11) is 1.58. The van der Waals surface area contributed by atoms with E-state index in [9.17, 15) is 24.0 Å². The lowest BCUT2D eigenvalue weighted by molar-refractivity contribution is -0.258. The van der Waals surface area contributed by atoms with Gasteiger partial charge in [0.1, 0.15) is 29.1 Å². The minimum absolute atomic E-state index is 0.0242. The molecule has 0 aromatic heterocycles. The molecule has 1 unspecified atom stereocenters. The number of methoxy groups -OCH3 is 1. The number of rotatable bonds is 13. The van der Waals surface area contributed by atoms with Crippen molar-refractivity contribution in [2.45, 2.75) is 97.9 Å². The molecule has 0 radical (unpaired) electrons. The lowest BCUT2D eigenvalue weighted by atomic mass is 9.85. The maximum atomic E-state index is 13.0. The van der Waals surface area contributed by atoms with Crippen molar-refractivity contribution in [3.05, 3.63) is 29.8 Å². The molecule has 1 aliphatic rings. The minimum atomic E-state index is -1.23. The van der Waals surface area contributed by atoms with Crippen LogP contribution in [0.5, 0.6) is 5.75 Å². The van der Waals surface area contributed by atoms with Gasteiger partial charge >= 0.3 is 12.1 Å². The molecule has 0 aliphatic carbocycles. The Hall–Kier alpha value is -3.36. The van der Waals surface area contributed by atoms with Gasteiger partial charge in [0.25, 0.3) is 0 Å². The van der Waals surface area contributed by atoms with Gasteiger partial charge in [0.2, 0.25) is 11.8 Å². The summed E-state index contributed by atoms with van der Waals surface area (Å²) in [4.78, 5) is 62.9. The number of ether oxygens (including phenoxy) is 5. The van der Waals surface area contributed by atoms with Crippen molar-refractivity contribution in [3.63, 3.8) is 0 Å². The number of carbonyl (C=O) groups excluding carboxylic acids is 5. The van der Waals surface area contributed by atoms with Crippen LogP contribution in [0.25, 0.3) is 0 Å². The van der Waals surface area contributed by atoms with Crippen LogP contribution in [0.3, 0.4) is 0 Å². The largest absolute Gasteiger partial charge is 0.497 e. The van der Waals surface area contributed by atoms with Crippen molar-refractivity contribution in [3.8, 4) is 5.75 Å². The summed E-state index contributed by atoms with van der Waals surface area (Å²) in [5.74, 6) is -0.484. The molecule has 0 spiro atoms. The average Bonchev–Trinajstić information content (AvgIpc) is 2.93. The van der Waals surface area contributed by atoms with Crippen LogP contribution in [0.2, 0.25) is 0 Å². The molecule has 3 atom stereocenters. The third-order valence-electron chi connectivity index (χ3n) is 6.29. The van der Waals surface area contributed by atoms with Crippen molar-refractivity contribution in [1.82, 2.24) is 16.0 Å². The smallest absolute Gasteiger partial charge is 0.408 e. The zero-order valence-corrected chi connectivity index (χ0v) is 29.1. The van der Waals surface area contributed by atoms with Crippen LogP contribution in [0.1, 0.15) is 80.1 Å². The van der Waals surface area contributed by atoms with Crippen LogP contribution in [0.15, 0.2) is 24.3 Å². The molecule has 0 saturated carbocycles. The van der Waals surface area contributed by atoms with Gasteiger partial charge in [0.05, 0.1) is 13.7 Å². The monoisotopic (exact) mass is 667 g/mol. The van der Waals surface area contributed by atoms with Gasteiger partial charge < -0.3 is 39.6 Å². The van der Waals surface area contributed by atoms with Crippen LogP contribution >= 0.6 is 11.8 Å². The SMILES string of the molecule is COc1ccc(C2OCC(C)(C)[C@H](C(=O)NCCC(=O)NCCSC(=O)C[C@H](NC(=O)OC(C)(C)C)C(=O)OC(C)(C)C)O2)cc1.